The van der Waals surface area contributed by atoms with Crippen molar-refractivity contribution in [1.82, 2.24) is 4.98 Å². The summed E-state index contributed by atoms with van der Waals surface area (Å²) in [6, 6.07) is 6.17. The van der Waals surface area contributed by atoms with E-state index in [-0.39, 0.29) is 0 Å². The third kappa shape index (κ3) is 1.90. The number of thiazole rings is 1. The van der Waals surface area contributed by atoms with Crippen LogP contribution in [0.1, 0.15) is 5.56 Å². The van der Waals surface area contributed by atoms with E-state index in [1.54, 1.807) is 18.4 Å². The first-order chi connectivity index (χ1) is 6.29. The van der Waals surface area contributed by atoms with Gasteiger partial charge in [-0.2, -0.15) is 0 Å². The van der Waals surface area contributed by atoms with Crippen LogP contribution in [0.3, 0.4) is 0 Å². The molecule has 0 atom stereocenters. The zero-order chi connectivity index (χ0) is 9.26. The molecule has 0 aliphatic carbocycles. The Balaban J connectivity index is 2.48. The van der Waals surface area contributed by atoms with Gasteiger partial charge >= 0.3 is 0 Å². The van der Waals surface area contributed by atoms with Crippen LogP contribution in [0.25, 0.3) is 10.2 Å². The fourth-order valence-corrected chi connectivity index (χ4v) is 2.67. The highest BCUT2D eigenvalue weighted by atomic mass is 79.9. The molecule has 0 radical (unpaired) electrons. The molecule has 0 fully saturated rings. The average Bonchev–Trinajstić information content (AvgIpc) is 2.44. The van der Waals surface area contributed by atoms with Gasteiger partial charge in [-0.3, -0.25) is 0 Å². The topological polar surface area (TPSA) is 22.1 Å². The minimum atomic E-state index is 0.658. The van der Waals surface area contributed by atoms with E-state index >= 15 is 0 Å². The number of ether oxygens (including phenoxy) is 1. The molecule has 0 bridgehead atoms. The number of rotatable bonds is 2. The highest BCUT2D eigenvalue weighted by Gasteiger charge is 2.01. The van der Waals surface area contributed by atoms with Gasteiger partial charge in [0.15, 0.2) is 3.92 Å². The van der Waals surface area contributed by atoms with E-state index in [1.165, 1.54) is 10.3 Å². The summed E-state index contributed by atoms with van der Waals surface area (Å²) in [5.74, 6) is 0. The van der Waals surface area contributed by atoms with Crippen LogP contribution in [0.15, 0.2) is 22.1 Å². The lowest BCUT2D eigenvalue weighted by atomic mass is 10.2. The fraction of sp³-hybridized carbons (Fsp3) is 0.222. The summed E-state index contributed by atoms with van der Waals surface area (Å²) in [5.41, 5.74) is 2.22. The number of methoxy groups -OCH3 is 1. The Morgan fingerprint density at radius 2 is 2.38 bits per heavy atom. The molecule has 0 N–H and O–H groups in total. The van der Waals surface area contributed by atoms with Crippen LogP contribution in [0, 0.1) is 0 Å². The maximum absolute atomic E-state index is 5.06. The number of hydrogen-bond donors (Lipinski definition) is 0. The fourth-order valence-electron chi connectivity index (χ4n) is 1.20. The van der Waals surface area contributed by atoms with E-state index in [0.717, 1.165) is 9.43 Å². The zero-order valence-corrected chi connectivity index (χ0v) is 9.48. The maximum atomic E-state index is 5.06. The van der Waals surface area contributed by atoms with Gasteiger partial charge in [0.1, 0.15) is 0 Å². The number of aromatic nitrogens is 1. The molecule has 0 saturated carbocycles. The van der Waals surface area contributed by atoms with Gasteiger partial charge in [-0.05, 0) is 33.6 Å². The molecule has 68 valence electrons. The summed E-state index contributed by atoms with van der Waals surface area (Å²) in [6.45, 7) is 0.658. The van der Waals surface area contributed by atoms with Crippen molar-refractivity contribution in [2.24, 2.45) is 0 Å². The zero-order valence-electron chi connectivity index (χ0n) is 7.08. The second-order valence-corrected chi connectivity index (χ2v) is 5.01. The van der Waals surface area contributed by atoms with Crippen molar-refractivity contribution >= 4 is 37.5 Å². The lowest BCUT2D eigenvalue weighted by molar-refractivity contribution is 0.185. The van der Waals surface area contributed by atoms with Crippen LogP contribution < -0.4 is 0 Å². The molecule has 13 heavy (non-hydrogen) atoms. The first-order valence-electron chi connectivity index (χ1n) is 3.83. The SMILES string of the molecule is COCc1ccc2nc(Br)sc2c1. The van der Waals surface area contributed by atoms with E-state index in [4.69, 9.17) is 4.74 Å². The van der Waals surface area contributed by atoms with Gasteiger partial charge in [0.2, 0.25) is 0 Å². The Morgan fingerprint density at radius 1 is 1.54 bits per heavy atom. The van der Waals surface area contributed by atoms with Crippen molar-refractivity contribution < 1.29 is 4.74 Å². The minimum Gasteiger partial charge on any atom is -0.380 e. The first-order valence-corrected chi connectivity index (χ1v) is 5.44. The molecule has 0 aliphatic rings. The second-order valence-electron chi connectivity index (χ2n) is 2.70. The molecule has 1 heterocycles. The van der Waals surface area contributed by atoms with Crippen LogP contribution in [0.4, 0.5) is 0 Å². The van der Waals surface area contributed by atoms with Crippen molar-refractivity contribution in [3.05, 3.63) is 27.7 Å². The predicted molar refractivity (Wildman–Crippen MR) is 58.0 cm³/mol. The molecule has 0 aliphatic heterocycles. The molecule has 2 aromatic rings. The highest BCUT2D eigenvalue weighted by molar-refractivity contribution is 9.11. The second kappa shape index (κ2) is 3.74. The Hall–Kier alpha value is -0.450. The lowest BCUT2D eigenvalue weighted by Gasteiger charge is -1.97. The molecular weight excluding hydrogens is 250 g/mol. The van der Waals surface area contributed by atoms with Crippen LogP contribution in [-0.4, -0.2) is 12.1 Å². The molecular formula is C9H8BrNOS. The summed E-state index contributed by atoms with van der Waals surface area (Å²) in [6.07, 6.45) is 0. The summed E-state index contributed by atoms with van der Waals surface area (Å²) < 4.78 is 7.18. The van der Waals surface area contributed by atoms with E-state index in [2.05, 4.69) is 27.0 Å². The van der Waals surface area contributed by atoms with Gasteiger partial charge in [0.25, 0.3) is 0 Å². The molecule has 1 aromatic carbocycles. The first kappa shape index (κ1) is 9.12. The number of hydrogen-bond acceptors (Lipinski definition) is 3. The number of halogens is 1. The Bertz CT molecular complexity index is 426. The van der Waals surface area contributed by atoms with Gasteiger partial charge in [0.05, 0.1) is 16.8 Å². The summed E-state index contributed by atoms with van der Waals surface area (Å²) in [5, 5.41) is 0. The van der Waals surface area contributed by atoms with Crippen LogP contribution in [0.5, 0.6) is 0 Å². The molecule has 0 amide bonds. The molecule has 2 nitrogen and oxygen atoms in total. The largest absolute Gasteiger partial charge is 0.380 e. The van der Waals surface area contributed by atoms with Crippen LogP contribution >= 0.6 is 27.3 Å². The van der Waals surface area contributed by atoms with Gasteiger partial charge < -0.3 is 4.74 Å². The van der Waals surface area contributed by atoms with Gasteiger partial charge in [0, 0.05) is 7.11 Å². The van der Waals surface area contributed by atoms with Gasteiger partial charge in [-0.15, -0.1) is 11.3 Å². The molecule has 0 unspecified atom stereocenters. The summed E-state index contributed by atoms with van der Waals surface area (Å²) in [4.78, 5) is 4.31. The van der Waals surface area contributed by atoms with Crippen molar-refractivity contribution in [2.75, 3.05) is 7.11 Å². The lowest BCUT2D eigenvalue weighted by Crippen LogP contribution is -1.85. The van der Waals surface area contributed by atoms with E-state index < -0.39 is 0 Å². The standard InChI is InChI=1S/C9H8BrNOS/c1-12-5-6-2-3-7-8(4-6)13-9(10)11-7/h2-4H,5H2,1H3. The minimum absolute atomic E-state index is 0.658. The predicted octanol–water partition coefficient (Wildman–Crippen LogP) is 3.21. The summed E-state index contributed by atoms with van der Waals surface area (Å²) >= 11 is 5.01. The van der Waals surface area contributed by atoms with Crippen molar-refractivity contribution in [3.63, 3.8) is 0 Å². The van der Waals surface area contributed by atoms with Gasteiger partial charge in [-0.1, -0.05) is 6.07 Å². The van der Waals surface area contributed by atoms with Crippen LogP contribution in [0.2, 0.25) is 0 Å². The smallest absolute Gasteiger partial charge is 0.160 e. The van der Waals surface area contributed by atoms with E-state index in [0.29, 0.717) is 6.61 Å². The van der Waals surface area contributed by atoms with Gasteiger partial charge in [-0.25, -0.2) is 4.98 Å². The van der Waals surface area contributed by atoms with Crippen molar-refractivity contribution in [3.8, 4) is 0 Å². The third-order valence-corrected chi connectivity index (χ3v) is 3.21. The third-order valence-electron chi connectivity index (χ3n) is 1.74. The Labute approximate surface area is 88.7 Å². The Morgan fingerprint density at radius 3 is 3.15 bits per heavy atom. The molecule has 0 spiro atoms. The Kier molecular flexibility index (Phi) is 2.62. The molecule has 0 saturated heterocycles. The maximum Gasteiger partial charge on any atom is 0.160 e. The molecule has 1 aromatic heterocycles. The quantitative estimate of drug-likeness (QED) is 0.825. The number of fused-ring (bicyclic) bond motifs is 1. The summed E-state index contributed by atoms with van der Waals surface area (Å²) in [7, 11) is 1.70. The van der Waals surface area contributed by atoms with Crippen molar-refractivity contribution in [1.29, 1.82) is 0 Å². The van der Waals surface area contributed by atoms with E-state index in [1.807, 2.05) is 12.1 Å². The normalized spacial score (nSPS) is 10.9. The highest BCUT2D eigenvalue weighted by Crippen LogP contribution is 2.26. The molecule has 2 rings (SSSR count). The molecule has 4 heteroatoms. The monoisotopic (exact) mass is 257 g/mol. The number of nitrogens with zero attached hydrogens (tertiary/aromatic N) is 1. The average molecular weight is 258 g/mol. The number of benzene rings is 1. The van der Waals surface area contributed by atoms with E-state index in [9.17, 15) is 0 Å². The van der Waals surface area contributed by atoms with Crippen molar-refractivity contribution in [2.45, 2.75) is 6.61 Å². The van der Waals surface area contributed by atoms with Crippen LogP contribution in [-0.2, 0) is 11.3 Å².